The Bertz CT molecular complexity index is 149. The zero-order chi connectivity index (χ0) is 7.82. The largest absolute Gasteiger partial charge is 0.159 e. The van der Waals surface area contributed by atoms with Gasteiger partial charge in [-0.3, -0.25) is 0 Å². The molecule has 0 radical (unpaired) electrons. The van der Waals surface area contributed by atoms with Crippen LogP contribution in [0.25, 0.3) is 0 Å². The van der Waals surface area contributed by atoms with Crippen molar-refractivity contribution in [1.29, 1.82) is 0 Å². The number of hydrogen-bond donors (Lipinski definition) is 0. The van der Waals surface area contributed by atoms with Gasteiger partial charge >= 0.3 is 0 Å². The minimum atomic E-state index is 0.961. The lowest BCUT2D eigenvalue weighted by molar-refractivity contribution is 0.980. The molecule has 0 amide bonds. The molecule has 10 heavy (non-hydrogen) atoms. The zero-order valence-corrected chi connectivity index (χ0v) is 6.83. The molecule has 2 heteroatoms. The van der Waals surface area contributed by atoms with Gasteiger partial charge in [0.1, 0.15) is 0 Å². The van der Waals surface area contributed by atoms with Gasteiger partial charge in [-0.2, -0.15) is 10.2 Å². The molecular formula is C8H14N2. The summed E-state index contributed by atoms with van der Waals surface area (Å²) in [6, 6.07) is 3.77. The van der Waals surface area contributed by atoms with Crippen LogP contribution in [-0.2, 0) is 0 Å². The van der Waals surface area contributed by atoms with Crippen molar-refractivity contribution in [1.82, 2.24) is 10.2 Å². The van der Waals surface area contributed by atoms with E-state index in [9.17, 15) is 0 Å². The minimum Gasteiger partial charge on any atom is -0.159 e. The van der Waals surface area contributed by atoms with Crippen molar-refractivity contribution in [2.24, 2.45) is 0 Å². The molecule has 0 saturated heterocycles. The molecule has 0 unspecified atom stereocenters. The monoisotopic (exact) mass is 138 g/mol. The van der Waals surface area contributed by atoms with Gasteiger partial charge in [0.25, 0.3) is 0 Å². The van der Waals surface area contributed by atoms with Crippen LogP contribution >= 0.6 is 0 Å². The Morgan fingerprint density at radius 1 is 1.40 bits per heavy atom. The second-order valence-corrected chi connectivity index (χ2v) is 2.07. The van der Waals surface area contributed by atoms with Gasteiger partial charge in [-0.25, -0.2) is 0 Å². The van der Waals surface area contributed by atoms with Crippen LogP contribution in [0.1, 0.15) is 26.0 Å². The van der Waals surface area contributed by atoms with Gasteiger partial charge in [0.2, 0.25) is 0 Å². The van der Waals surface area contributed by atoms with E-state index >= 15 is 0 Å². The maximum absolute atomic E-state index is 3.73. The Hall–Kier alpha value is -0.920. The van der Waals surface area contributed by atoms with Crippen LogP contribution < -0.4 is 0 Å². The second-order valence-electron chi connectivity index (χ2n) is 2.07. The van der Waals surface area contributed by atoms with Crippen molar-refractivity contribution in [3.63, 3.8) is 0 Å². The van der Waals surface area contributed by atoms with Gasteiger partial charge in [-0.15, -0.1) is 0 Å². The Morgan fingerprint density at radius 2 is 2.00 bits per heavy atom. The molecule has 1 aromatic rings. The van der Waals surface area contributed by atoms with Crippen LogP contribution in [0.15, 0.2) is 18.3 Å². The molecular weight excluding hydrogens is 124 g/mol. The van der Waals surface area contributed by atoms with E-state index in [4.69, 9.17) is 0 Å². The molecule has 0 spiro atoms. The Kier molecular flexibility index (Phi) is 5.63. The highest BCUT2D eigenvalue weighted by atomic mass is 15.1. The van der Waals surface area contributed by atoms with Crippen molar-refractivity contribution in [3.8, 4) is 0 Å². The first kappa shape index (κ1) is 9.08. The second kappa shape index (κ2) is 6.20. The Morgan fingerprint density at radius 3 is 2.20 bits per heavy atom. The topological polar surface area (TPSA) is 25.8 Å². The number of hydrogen-bond acceptors (Lipinski definition) is 2. The van der Waals surface area contributed by atoms with Crippen LogP contribution in [0.5, 0.6) is 0 Å². The van der Waals surface area contributed by atoms with E-state index in [1.54, 1.807) is 6.20 Å². The summed E-state index contributed by atoms with van der Waals surface area (Å²) < 4.78 is 0. The standard InChI is InChI=1S/C5H6N2.C3H8/c1-5-3-2-4-6-7-5;1-3-2/h2-4H,1H3;3H2,1-2H3. The number of aryl methyl sites for hydroxylation is 1. The summed E-state index contributed by atoms with van der Waals surface area (Å²) in [5.41, 5.74) is 0.961. The van der Waals surface area contributed by atoms with Crippen LogP contribution in [0.3, 0.4) is 0 Å². The molecule has 0 bridgehead atoms. The van der Waals surface area contributed by atoms with Crippen molar-refractivity contribution >= 4 is 0 Å². The average Bonchev–Trinajstić information content (AvgIpc) is 1.91. The fourth-order valence-corrected chi connectivity index (χ4v) is 0.379. The third-order valence-corrected chi connectivity index (χ3v) is 0.706. The van der Waals surface area contributed by atoms with Crippen LogP contribution in [0.2, 0.25) is 0 Å². The molecule has 0 aliphatic rings. The lowest BCUT2D eigenvalue weighted by atomic mass is 10.4. The summed E-state index contributed by atoms with van der Waals surface area (Å²) in [4.78, 5) is 0. The fraction of sp³-hybridized carbons (Fsp3) is 0.500. The molecule has 0 atom stereocenters. The highest BCUT2D eigenvalue weighted by molar-refractivity contribution is 4.94. The molecule has 0 aliphatic carbocycles. The minimum absolute atomic E-state index is 0.961. The Balaban J connectivity index is 0.000000236. The predicted molar refractivity (Wildman–Crippen MR) is 42.7 cm³/mol. The SMILES string of the molecule is CCC.Cc1cccnn1. The molecule has 2 nitrogen and oxygen atoms in total. The van der Waals surface area contributed by atoms with E-state index < -0.39 is 0 Å². The van der Waals surface area contributed by atoms with Gasteiger partial charge in [-0.1, -0.05) is 20.3 Å². The quantitative estimate of drug-likeness (QED) is 0.549. The highest BCUT2D eigenvalue weighted by Gasteiger charge is 1.74. The third-order valence-electron chi connectivity index (χ3n) is 0.706. The zero-order valence-electron chi connectivity index (χ0n) is 6.83. The van der Waals surface area contributed by atoms with Crippen LogP contribution in [0.4, 0.5) is 0 Å². The maximum Gasteiger partial charge on any atom is 0.0600 e. The molecule has 1 heterocycles. The lowest BCUT2D eigenvalue weighted by Crippen LogP contribution is -1.79. The number of rotatable bonds is 0. The summed E-state index contributed by atoms with van der Waals surface area (Å²) in [6.45, 7) is 6.16. The average molecular weight is 138 g/mol. The van der Waals surface area contributed by atoms with Crippen LogP contribution in [-0.4, -0.2) is 10.2 Å². The van der Waals surface area contributed by atoms with E-state index in [2.05, 4.69) is 24.0 Å². The summed E-state index contributed by atoms with van der Waals surface area (Å²) in [6.07, 6.45) is 2.91. The normalized spacial score (nSPS) is 7.90. The van der Waals surface area contributed by atoms with Crippen LogP contribution in [0, 0.1) is 6.92 Å². The van der Waals surface area contributed by atoms with Gasteiger partial charge < -0.3 is 0 Å². The maximum atomic E-state index is 3.73. The van der Waals surface area contributed by atoms with E-state index in [1.807, 2.05) is 19.1 Å². The van der Waals surface area contributed by atoms with Gasteiger partial charge in [0.15, 0.2) is 0 Å². The van der Waals surface area contributed by atoms with E-state index in [0.29, 0.717) is 0 Å². The van der Waals surface area contributed by atoms with Crippen molar-refractivity contribution < 1.29 is 0 Å². The summed E-state index contributed by atoms with van der Waals surface area (Å²) >= 11 is 0. The molecule has 0 aliphatic heterocycles. The number of aromatic nitrogens is 2. The molecule has 0 fully saturated rings. The molecule has 56 valence electrons. The first-order chi connectivity index (χ1) is 4.81. The van der Waals surface area contributed by atoms with Crippen molar-refractivity contribution in [2.75, 3.05) is 0 Å². The Labute approximate surface area is 62.3 Å². The van der Waals surface area contributed by atoms with Gasteiger partial charge in [0.05, 0.1) is 5.69 Å². The van der Waals surface area contributed by atoms with Crippen molar-refractivity contribution in [2.45, 2.75) is 27.2 Å². The molecule has 0 aromatic carbocycles. The van der Waals surface area contributed by atoms with Gasteiger partial charge in [0, 0.05) is 6.20 Å². The number of nitrogens with zero attached hydrogens (tertiary/aromatic N) is 2. The lowest BCUT2D eigenvalue weighted by Gasteiger charge is -1.80. The molecule has 0 N–H and O–H groups in total. The molecule has 1 aromatic heterocycles. The smallest absolute Gasteiger partial charge is 0.0600 e. The first-order valence-electron chi connectivity index (χ1n) is 3.55. The van der Waals surface area contributed by atoms with Gasteiger partial charge in [-0.05, 0) is 19.1 Å². The third kappa shape index (κ3) is 5.22. The molecule has 1 rings (SSSR count). The first-order valence-corrected chi connectivity index (χ1v) is 3.55. The van der Waals surface area contributed by atoms with E-state index in [-0.39, 0.29) is 0 Å². The summed E-state index contributed by atoms with van der Waals surface area (Å²) in [7, 11) is 0. The summed E-state index contributed by atoms with van der Waals surface area (Å²) in [5, 5.41) is 7.36. The van der Waals surface area contributed by atoms with Crippen molar-refractivity contribution in [3.05, 3.63) is 24.0 Å². The fourth-order valence-electron chi connectivity index (χ4n) is 0.379. The highest BCUT2D eigenvalue weighted by Crippen LogP contribution is 1.82. The summed E-state index contributed by atoms with van der Waals surface area (Å²) in [5.74, 6) is 0. The predicted octanol–water partition coefficient (Wildman–Crippen LogP) is 2.20. The van der Waals surface area contributed by atoms with E-state index in [0.717, 1.165) is 5.69 Å². The van der Waals surface area contributed by atoms with E-state index in [1.165, 1.54) is 6.42 Å². The molecule has 0 saturated carbocycles.